The standard InChI is InChI=1S/C19H39NO4.ClH/c1-2-3-4-5-6-7-8-9-10-11-12-13-16(22)17-19(24)18(23)15(14-21)20-17;/h15-24H,2-14H2,1H3;1H/t15-,16-,17-,18-,19-;/m0./s1. The molecular formula is C19H40ClNO4. The molecule has 1 aliphatic rings. The van der Waals surface area contributed by atoms with Gasteiger partial charge in [-0.2, -0.15) is 0 Å². The SMILES string of the molecule is CCCCCCCCCCCCC[C@H](O)[C@@H]1N[C@@H](CO)[C@H](O)[C@H]1O.Cl. The molecule has 0 aliphatic carbocycles. The summed E-state index contributed by atoms with van der Waals surface area (Å²) in [4.78, 5) is 0. The van der Waals surface area contributed by atoms with Crippen LogP contribution in [0.25, 0.3) is 0 Å². The van der Waals surface area contributed by atoms with Crippen LogP contribution in [0.4, 0.5) is 0 Å². The first-order valence-corrected chi connectivity index (χ1v) is 10.0. The summed E-state index contributed by atoms with van der Waals surface area (Å²) in [5, 5.41) is 41.9. The summed E-state index contributed by atoms with van der Waals surface area (Å²) in [6, 6.07) is -1.09. The largest absolute Gasteiger partial charge is 0.395 e. The van der Waals surface area contributed by atoms with E-state index in [1.807, 2.05) is 0 Å². The number of aliphatic hydroxyl groups excluding tert-OH is 4. The zero-order valence-electron chi connectivity index (χ0n) is 15.8. The molecule has 0 aromatic rings. The van der Waals surface area contributed by atoms with E-state index in [4.69, 9.17) is 5.11 Å². The van der Waals surface area contributed by atoms with Crippen LogP contribution in [0.1, 0.15) is 84.0 Å². The average Bonchev–Trinajstić information content (AvgIpc) is 2.87. The Bertz CT molecular complexity index is 309. The zero-order chi connectivity index (χ0) is 17.8. The van der Waals surface area contributed by atoms with Crippen LogP contribution in [0.5, 0.6) is 0 Å². The van der Waals surface area contributed by atoms with Crippen LogP contribution in [-0.4, -0.2) is 57.4 Å². The van der Waals surface area contributed by atoms with E-state index in [1.54, 1.807) is 0 Å². The van der Waals surface area contributed by atoms with Crippen molar-refractivity contribution in [3.63, 3.8) is 0 Å². The van der Waals surface area contributed by atoms with Crippen LogP contribution in [-0.2, 0) is 0 Å². The van der Waals surface area contributed by atoms with E-state index < -0.39 is 30.4 Å². The lowest BCUT2D eigenvalue weighted by Crippen LogP contribution is -2.44. The molecule has 0 aromatic heterocycles. The number of halogens is 1. The Morgan fingerprint density at radius 1 is 0.800 bits per heavy atom. The van der Waals surface area contributed by atoms with Gasteiger partial charge in [0, 0.05) is 0 Å². The number of hydrogen-bond donors (Lipinski definition) is 5. The Morgan fingerprint density at radius 3 is 1.72 bits per heavy atom. The van der Waals surface area contributed by atoms with Gasteiger partial charge in [-0.3, -0.25) is 0 Å². The molecular weight excluding hydrogens is 342 g/mol. The number of rotatable bonds is 14. The molecule has 0 aromatic carbocycles. The summed E-state index contributed by atoms with van der Waals surface area (Å²) in [5.74, 6) is 0. The first kappa shape index (κ1) is 25.1. The van der Waals surface area contributed by atoms with E-state index in [2.05, 4.69) is 12.2 Å². The van der Waals surface area contributed by atoms with Gasteiger partial charge in [-0.05, 0) is 6.42 Å². The maximum atomic E-state index is 10.2. The predicted octanol–water partition coefficient (Wildman–Crippen LogP) is 2.52. The Balaban J connectivity index is 0.00000576. The van der Waals surface area contributed by atoms with Crippen molar-refractivity contribution in [1.29, 1.82) is 0 Å². The molecule has 1 fully saturated rings. The summed E-state index contributed by atoms with van der Waals surface area (Å²) in [6.45, 7) is 2.01. The molecule has 0 spiro atoms. The second kappa shape index (κ2) is 15.2. The highest BCUT2D eigenvalue weighted by molar-refractivity contribution is 5.85. The molecule has 0 unspecified atom stereocenters. The predicted molar refractivity (Wildman–Crippen MR) is 104 cm³/mol. The van der Waals surface area contributed by atoms with Gasteiger partial charge in [-0.1, -0.05) is 77.6 Å². The topological polar surface area (TPSA) is 93.0 Å². The van der Waals surface area contributed by atoms with Crippen molar-refractivity contribution >= 4 is 12.4 Å². The quantitative estimate of drug-likeness (QED) is 0.298. The van der Waals surface area contributed by atoms with E-state index in [-0.39, 0.29) is 19.0 Å². The van der Waals surface area contributed by atoms with Crippen LogP contribution in [0.2, 0.25) is 0 Å². The van der Waals surface area contributed by atoms with Crippen LogP contribution in [0.3, 0.4) is 0 Å². The molecule has 0 bridgehead atoms. The summed E-state index contributed by atoms with van der Waals surface area (Å²) >= 11 is 0. The Labute approximate surface area is 159 Å². The molecule has 152 valence electrons. The van der Waals surface area contributed by atoms with Gasteiger partial charge in [-0.25, -0.2) is 0 Å². The van der Waals surface area contributed by atoms with Crippen molar-refractivity contribution in [3.05, 3.63) is 0 Å². The summed E-state index contributed by atoms with van der Waals surface area (Å²) < 4.78 is 0. The first-order valence-electron chi connectivity index (χ1n) is 10.0. The van der Waals surface area contributed by atoms with Crippen molar-refractivity contribution in [2.24, 2.45) is 0 Å². The van der Waals surface area contributed by atoms with Gasteiger partial charge in [-0.15, -0.1) is 12.4 Å². The lowest BCUT2D eigenvalue weighted by Gasteiger charge is -2.22. The second-order valence-corrected chi connectivity index (χ2v) is 7.35. The van der Waals surface area contributed by atoms with E-state index >= 15 is 0 Å². The van der Waals surface area contributed by atoms with Crippen LogP contribution in [0, 0.1) is 0 Å². The minimum Gasteiger partial charge on any atom is -0.395 e. The third-order valence-electron chi connectivity index (χ3n) is 5.25. The fraction of sp³-hybridized carbons (Fsp3) is 1.00. The molecule has 0 amide bonds. The van der Waals surface area contributed by atoms with Crippen molar-refractivity contribution in [3.8, 4) is 0 Å². The molecule has 5 N–H and O–H groups in total. The highest BCUT2D eigenvalue weighted by Crippen LogP contribution is 2.20. The minimum absolute atomic E-state index is 0. The normalized spacial score (nSPS) is 27.2. The van der Waals surface area contributed by atoms with Gasteiger partial charge in [0.1, 0.15) is 0 Å². The van der Waals surface area contributed by atoms with E-state index in [0.717, 1.165) is 12.8 Å². The summed E-state index contributed by atoms with van der Waals surface area (Å²) in [5.41, 5.74) is 0. The molecule has 1 saturated heterocycles. The van der Waals surface area contributed by atoms with Gasteiger partial charge in [0.05, 0.1) is 37.0 Å². The first-order chi connectivity index (χ1) is 11.6. The average molecular weight is 382 g/mol. The highest BCUT2D eigenvalue weighted by Gasteiger charge is 2.43. The highest BCUT2D eigenvalue weighted by atomic mass is 35.5. The van der Waals surface area contributed by atoms with E-state index in [9.17, 15) is 15.3 Å². The molecule has 25 heavy (non-hydrogen) atoms. The van der Waals surface area contributed by atoms with Crippen LogP contribution >= 0.6 is 12.4 Å². The Morgan fingerprint density at radius 2 is 1.28 bits per heavy atom. The fourth-order valence-corrected chi connectivity index (χ4v) is 3.59. The smallest absolute Gasteiger partial charge is 0.0993 e. The molecule has 5 atom stereocenters. The lowest BCUT2D eigenvalue weighted by atomic mass is 9.98. The van der Waals surface area contributed by atoms with Crippen molar-refractivity contribution in [1.82, 2.24) is 5.32 Å². The maximum absolute atomic E-state index is 10.2. The third-order valence-corrected chi connectivity index (χ3v) is 5.25. The molecule has 1 rings (SSSR count). The summed E-state index contributed by atoms with van der Waals surface area (Å²) in [6.07, 6.45) is 11.8. The lowest BCUT2D eigenvalue weighted by molar-refractivity contribution is -0.00443. The molecule has 1 aliphatic heterocycles. The van der Waals surface area contributed by atoms with Gasteiger partial charge in [0.2, 0.25) is 0 Å². The fourth-order valence-electron chi connectivity index (χ4n) is 3.59. The number of nitrogens with one attached hydrogen (secondary N) is 1. The second-order valence-electron chi connectivity index (χ2n) is 7.35. The van der Waals surface area contributed by atoms with Crippen molar-refractivity contribution < 1.29 is 20.4 Å². The number of aliphatic hydroxyl groups is 4. The number of unbranched alkanes of at least 4 members (excludes halogenated alkanes) is 10. The molecule has 6 heteroatoms. The molecule has 0 saturated carbocycles. The number of hydrogen-bond acceptors (Lipinski definition) is 5. The van der Waals surface area contributed by atoms with Crippen molar-refractivity contribution in [2.75, 3.05) is 6.61 Å². The van der Waals surface area contributed by atoms with Crippen LogP contribution in [0.15, 0.2) is 0 Å². The Kier molecular flexibility index (Phi) is 15.2. The summed E-state index contributed by atoms with van der Waals surface area (Å²) in [7, 11) is 0. The minimum atomic E-state index is -1.01. The zero-order valence-corrected chi connectivity index (χ0v) is 16.6. The van der Waals surface area contributed by atoms with Crippen molar-refractivity contribution in [2.45, 2.75) is 114 Å². The maximum Gasteiger partial charge on any atom is 0.0993 e. The molecule has 0 radical (unpaired) electrons. The van der Waals surface area contributed by atoms with Gasteiger partial charge >= 0.3 is 0 Å². The van der Waals surface area contributed by atoms with E-state index in [1.165, 1.54) is 57.8 Å². The molecule has 1 heterocycles. The monoisotopic (exact) mass is 381 g/mol. The third kappa shape index (κ3) is 9.55. The van der Waals surface area contributed by atoms with Gasteiger partial charge in [0.15, 0.2) is 0 Å². The van der Waals surface area contributed by atoms with Gasteiger partial charge < -0.3 is 25.7 Å². The van der Waals surface area contributed by atoms with Gasteiger partial charge in [0.25, 0.3) is 0 Å². The van der Waals surface area contributed by atoms with Crippen LogP contribution < -0.4 is 5.32 Å². The molecule has 5 nitrogen and oxygen atoms in total. The van der Waals surface area contributed by atoms with E-state index in [0.29, 0.717) is 6.42 Å². The Hall–Kier alpha value is 0.0900.